The number of likely N-dealkylation sites (tertiary alicyclic amines) is 1. The number of piperidine rings is 1. The van der Waals surface area contributed by atoms with Crippen molar-refractivity contribution in [1.29, 1.82) is 0 Å². The second-order valence-corrected chi connectivity index (χ2v) is 5.54. The van der Waals surface area contributed by atoms with Crippen LogP contribution < -0.4 is 5.32 Å². The van der Waals surface area contributed by atoms with Gasteiger partial charge in [0.05, 0.1) is 13.2 Å². The van der Waals surface area contributed by atoms with Gasteiger partial charge in [-0.25, -0.2) is 9.97 Å². The maximum Gasteiger partial charge on any atom is 0.144 e. The van der Waals surface area contributed by atoms with E-state index < -0.39 is 0 Å². The molecule has 1 fully saturated rings. The van der Waals surface area contributed by atoms with Gasteiger partial charge in [0.15, 0.2) is 0 Å². The third kappa shape index (κ3) is 4.42. The van der Waals surface area contributed by atoms with Gasteiger partial charge < -0.3 is 10.1 Å². The Balaban J connectivity index is 1.98. The predicted octanol–water partition coefficient (Wildman–Crippen LogP) is 2.08. The summed E-state index contributed by atoms with van der Waals surface area (Å²) in [7, 11) is 1.78. The Labute approximate surface area is 121 Å². The standard InChI is InChI=1S/C15H26N4O/c1-4-16-14-8-12(2)17-15(18-14)10-19-7-5-6-13(9-19)11-20-3/h8,13H,4-7,9-11H2,1-3H3,(H,16,17,18). The Morgan fingerprint density at radius 2 is 2.30 bits per heavy atom. The molecule has 1 unspecified atom stereocenters. The summed E-state index contributed by atoms with van der Waals surface area (Å²) in [6, 6.07) is 2.00. The summed E-state index contributed by atoms with van der Waals surface area (Å²) in [5, 5.41) is 3.27. The number of hydrogen-bond acceptors (Lipinski definition) is 5. The number of anilines is 1. The first-order valence-corrected chi connectivity index (χ1v) is 7.51. The minimum absolute atomic E-state index is 0.645. The molecule has 1 aliphatic heterocycles. The van der Waals surface area contributed by atoms with Crippen LogP contribution in [0.15, 0.2) is 6.07 Å². The van der Waals surface area contributed by atoms with Crippen molar-refractivity contribution in [3.05, 3.63) is 17.6 Å². The van der Waals surface area contributed by atoms with Crippen LogP contribution in [0.5, 0.6) is 0 Å². The molecule has 1 N–H and O–H groups in total. The first kappa shape index (κ1) is 15.2. The molecule has 0 aliphatic carbocycles. The van der Waals surface area contributed by atoms with E-state index in [0.717, 1.165) is 50.1 Å². The van der Waals surface area contributed by atoms with E-state index >= 15 is 0 Å². The van der Waals surface area contributed by atoms with Gasteiger partial charge in [-0.1, -0.05) is 0 Å². The zero-order valence-corrected chi connectivity index (χ0v) is 12.9. The van der Waals surface area contributed by atoms with Crippen molar-refractivity contribution in [1.82, 2.24) is 14.9 Å². The maximum atomic E-state index is 5.28. The molecule has 1 aromatic rings. The summed E-state index contributed by atoms with van der Waals surface area (Å²) in [6.45, 7) is 8.90. The van der Waals surface area contributed by atoms with Crippen LogP contribution in [0.25, 0.3) is 0 Å². The molecule has 5 nitrogen and oxygen atoms in total. The molecule has 0 spiro atoms. The van der Waals surface area contributed by atoms with Gasteiger partial charge in [-0.15, -0.1) is 0 Å². The number of aryl methyl sites for hydroxylation is 1. The van der Waals surface area contributed by atoms with Gasteiger partial charge in [-0.2, -0.15) is 0 Å². The monoisotopic (exact) mass is 278 g/mol. The lowest BCUT2D eigenvalue weighted by Gasteiger charge is -2.31. The van der Waals surface area contributed by atoms with Crippen LogP contribution in [-0.4, -0.2) is 48.2 Å². The number of ether oxygens (including phenoxy) is 1. The summed E-state index contributed by atoms with van der Waals surface area (Å²) >= 11 is 0. The fourth-order valence-electron chi connectivity index (χ4n) is 2.84. The molecule has 0 amide bonds. The molecule has 1 atom stereocenters. The van der Waals surface area contributed by atoms with Crippen molar-refractivity contribution in [2.75, 3.05) is 38.7 Å². The molecular weight excluding hydrogens is 252 g/mol. The van der Waals surface area contributed by atoms with E-state index in [0.29, 0.717) is 5.92 Å². The van der Waals surface area contributed by atoms with Crippen LogP contribution in [0.1, 0.15) is 31.3 Å². The molecule has 0 bridgehead atoms. The van der Waals surface area contributed by atoms with Gasteiger partial charge in [0, 0.05) is 32.0 Å². The number of aromatic nitrogens is 2. The summed E-state index contributed by atoms with van der Waals surface area (Å²) in [4.78, 5) is 11.6. The van der Waals surface area contributed by atoms with Crippen molar-refractivity contribution in [3.8, 4) is 0 Å². The third-order valence-corrected chi connectivity index (χ3v) is 3.63. The van der Waals surface area contributed by atoms with Gasteiger partial charge in [0.2, 0.25) is 0 Å². The Bertz CT molecular complexity index is 422. The largest absolute Gasteiger partial charge is 0.384 e. The van der Waals surface area contributed by atoms with Crippen molar-refractivity contribution >= 4 is 5.82 Å². The topological polar surface area (TPSA) is 50.3 Å². The van der Waals surface area contributed by atoms with Crippen molar-refractivity contribution in [2.45, 2.75) is 33.2 Å². The van der Waals surface area contributed by atoms with Crippen LogP contribution in [0.2, 0.25) is 0 Å². The average molecular weight is 278 g/mol. The van der Waals surface area contributed by atoms with E-state index in [4.69, 9.17) is 4.74 Å². The number of nitrogens with one attached hydrogen (secondary N) is 1. The number of hydrogen-bond donors (Lipinski definition) is 1. The second kappa shape index (κ2) is 7.55. The molecule has 1 saturated heterocycles. The Morgan fingerprint density at radius 1 is 1.45 bits per heavy atom. The van der Waals surface area contributed by atoms with E-state index in [1.165, 1.54) is 12.8 Å². The molecule has 1 aromatic heterocycles. The lowest BCUT2D eigenvalue weighted by atomic mass is 9.99. The Hall–Kier alpha value is -1.20. The highest BCUT2D eigenvalue weighted by atomic mass is 16.5. The van der Waals surface area contributed by atoms with Crippen molar-refractivity contribution in [2.24, 2.45) is 5.92 Å². The minimum atomic E-state index is 0.645. The Morgan fingerprint density at radius 3 is 3.05 bits per heavy atom. The summed E-state index contributed by atoms with van der Waals surface area (Å²) in [5.41, 5.74) is 1.02. The molecular formula is C15H26N4O. The highest BCUT2D eigenvalue weighted by Gasteiger charge is 2.20. The number of nitrogens with zero attached hydrogens (tertiary/aromatic N) is 3. The molecule has 5 heteroatoms. The SMILES string of the molecule is CCNc1cc(C)nc(CN2CCCC(COC)C2)n1. The van der Waals surface area contributed by atoms with Gasteiger partial charge >= 0.3 is 0 Å². The zero-order chi connectivity index (χ0) is 14.4. The van der Waals surface area contributed by atoms with E-state index in [1.807, 2.05) is 13.0 Å². The normalized spacial score (nSPS) is 20.1. The summed E-state index contributed by atoms with van der Waals surface area (Å²) < 4.78 is 5.28. The second-order valence-electron chi connectivity index (χ2n) is 5.54. The van der Waals surface area contributed by atoms with Crippen molar-refractivity contribution < 1.29 is 4.74 Å². The van der Waals surface area contributed by atoms with Crippen molar-refractivity contribution in [3.63, 3.8) is 0 Å². The van der Waals surface area contributed by atoms with Crippen LogP contribution in [0, 0.1) is 12.8 Å². The molecule has 1 aliphatic rings. The van der Waals surface area contributed by atoms with E-state index in [1.54, 1.807) is 7.11 Å². The number of methoxy groups -OCH3 is 1. The van der Waals surface area contributed by atoms with E-state index in [2.05, 4.69) is 27.1 Å². The summed E-state index contributed by atoms with van der Waals surface area (Å²) in [6.07, 6.45) is 2.50. The molecule has 20 heavy (non-hydrogen) atoms. The molecule has 0 saturated carbocycles. The lowest BCUT2D eigenvalue weighted by molar-refractivity contribution is 0.0861. The van der Waals surface area contributed by atoms with E-state index in [9.17, 15) is 0 Å². The molecule has 0 aromatic carbocycles. The van der Waals surface area contributed by atoms with E-state index in [-0.39, 0.29) is 0 Å². The average Bonchev–Trinajstić information content (AvgIpc) is 2.39. The maximum absolute atomic E-state index is 5.28. The quantitative estimate of drug-likeness (QED) is 0.863. The van der Waals surface area contributed by atoms with Gasteiger partial charge in [-0.3, -0.25) is 4.90 Å². The van der Waals surface area contributed by atoms with Crippen LogP contribution in [0.3, 0.4) is 0 Å². The van der Waals surface area contributed by atoms with Gasteiger partial charge in [-0.05, 0) is 39.2 Å². The Kier molecular flexibility index (Phi) is 5.73. The molecule has 2 rings (SSSR count). The van der Waals surface area contributed by atoms with Gasteiger partial charge in [0.1, 0.15) is 11.6 Å². The molecule has 2 heterocycles. The summed E-state index contributed by atoms with van der Waals surface area (Å²) in [5.74, 6) is 2.49. The van der Waals surface area contributed by atoms with Crippen LogP contribution in [0.4, 0.5) is 5.82 Å². The molecule has 112 valence electrons. The predicted molar refractivity (Wildman–Crippen MR) is 80.8 cm³/mol. The zero-order valence-electron chi connectivity index (χ0n) is 12.9. The first-order valence-electron chi connectivity index (χ1n) is 7.51. The third-order valence-electron chi connectivity index (χ3n) is 3.63. The van der Waals surface area contributed by atoms with Crippen LogP contribution >= 0.6 is 0 Å². The molecule has 0 radical (unpaired) electrons. The highest BCUT2D eigenvalue weighted by molar-refractivity contribution is 5.35. The number of rotatable bonds is 6. The smallest absolute Gasteiger partial charge is 0.144 e. The lowest BCUT2D eigenvalue weighted by Crippen LogP contribution is -2.37. The minimum Gasteiger partial charge on any atom is -0.384 e. The van der Waals surface area contributed by atoms with Crippen LogP contribution in [-0.2, 0) is 11.3 Å². The fraction of sp³-hybridized carbons (Fsp3) is 0.733. The fourth-order valence-corrected chi connectivity index (χ4v) is 2.84. The first-order chi connectivity index (χ1) is 9.71. The van der Waals surface area contributed by atoms with Gasteiger partial charge in [0.25, 0.3) is 0 Å². The highest BCUT2D eigenvalue weighted by Crippen LogP contribution is 2.18.